The number of carbonyl (C=O) groups is 1. The van der Waals surface area contributed by atoms with Crippen molar-refractivity contribution in [1.82, 2.24) is 18.7 Å². The van der Waals surface area contributed by atoms with Gasteiger partial charge in [-0.1, -0.05) is 36.4 Å². The highest BCUT2D eigenvalue weighted by Crippen LogP contribution is 2.36. The van der Waals surface area contributed by atoms with Crippen molar-refractivity contribution in [2.45, 2.75) is 19.4 Å². The second-order valence-corrected chi connectivity index (χ2v) is 7.74. The summed E-state index contributed by atoms with van der Waals surface area (Å²) >= 11 is 0. The summed E-state index contributed by atoms with van der Waals surface area (Å²) in [5.41, 5.74) is 3.46. The molecule has 0 fully saturated rings. The number of para-hydroxylation sites is 2. The molecule has 2 aromatic carbocycles. The molecule has 3 heterocycles. The van der Waals surface area contributed by atoms with E-state index in [0.29, 0.717) is 0 Å². The topological polar surface area (TPSA) is 82.1 Å². The number of imidazole rings is 1. The summed E-state index contributed by atoms with van der Waals surface area (Å²) < 4.78 is 3.87. The molecule has 0 atom stereocenters. The summed E-state index contributed by atoms with van der Waals surface area (Å²) in [6.45, 7) is -0.0768. The van der Waals surface area contributed by atoms with E-state index in [1.165, 1.54) is 22.5 Å². The highest BCUT2D eigenvalue weighted by Gasteiger charge is 2.26. The van der Waals surface area contributed by atoms with Crippen molar-refractivity contribution in [2.75, 3.05) is 4.90 Å². The van der Waals surface area contributed by atoms with Gasteiger partial charge < -0.3 is 4.57 Å². The SMILES string of the molecule is Cn1c(=O)c2c(ncn2CC(=O)N2c3ccccc3CCc3ccccc32)n(C)c1=O. The lowest BCUT2D eigenvalue weighted by molar-refractivity contribution is -0.118. The molecule has 0 unspecified atom stereocenters. The Balaban J connectivity index is 1.64. The van der Waals surface area contributed by atoms with Gasteiger partial charge in [0.05, 0.1) is 17.7 Å². The number of carbonyl (C=O) groups excluding carboxylic acids is 1. The van der Waals surface area contributed by atoms with Crippen LogP contribution < -0.4 is 16.1 Å². The molecule has 0 aliphatic carbocycles. The van der Waals surface area contributed by atoms with Gasteiger partial charge in [-0.25, -0.2) is 9.78 Å². The molecule has 1 aliphatic rings. The van der Waals surface area contributed by atoms with E-state index in [9.17, 15) is 14.4 Å². The van der Waals surface area contributed by atoms with Crippen molar-refractivity contribution in [1.29, 1.82) is 0 Å². The van der Waals surface area contributed by atoms with Gasteiger partial charge in [0.2, 0.25) is 0 Å². The Morgan fingerprint density at radius 2 is 1.48 bits per heavy atom. The lowest BCUT2D eigenvalue weighted by atomic mass is 10.0. The number of rotatable bonds is 2. The van der Waals surface area contributed by atoms with E-state index in [1.807, 2.05) is 48.5 Å². The van der Waals surface area contributed by atoms with Crippen LogP contribution in [0.3, 0.4) is 0 Å². The zero-order chi connectivity index (χ0) is 21.7. The van der Waals surface area contributed by atoms with Crippen LogP contribution >= 0.6 is 0 Å². The fourth-order valence-electron chi connectivity index (χ4n) is 4.28. The number of nitrogens with zero attached hydrogens (tertiary/aromatic N) is 5. The Kier molecular flexibility index (Phi) is 4.35. The molecule has 0 spiro atoms. The quantitative estimate of drug-likeness (QED) is 0.501. The summed E-state index contributed by atoms with van der Waals surface area (Å²) in [7, 11) is 2.98. The van der Waals surface area contributed by atoms with Gasteiger partial charge >= 0.3 is 5.69 Å². The van der Waals surface area contributed by atoms with Crippen LogP contribution in [0.5, 0.6) is 0 Å². The Morgan fingerprint density at radius 1 is 0.903 bits per heavy atom. The summed E-state index contributed by atoms with van der Waals surface area (Å²) in [5.74, 6) is -0.183. The molecule has 1 aliphatic heterocycles. The first-order valence-electron chi connectivity index (χ1n) is 10.1. The Labute approximate surface area is 177 Å². The third-order valence-electron chi connectivity index (χ3n) is 5.90. The minimum atomic E-state index is -0.472. The van der Waals surface area contributed by atoms with Crippen LogP contribution in [0.25, 0.3) is 11.2 Å². The van der Waals surface area contributed by atoms with Crippen LogP contribution in [-0.4, -0.2) is 24.6 Å². The summed E-state index contributed by atoms with van der Waals surface area (Å²) in [6, 6.07) is 15.8. The molecule has 31 heavy (non-hydrogen) atoms. The van der Waals surface area contributed by atoms with Crippen molar-refractivity contribution < 1.29 is 4.79 Å². The second-order valence-electron chi connectivity index (χ2n) is 7.74. The minimum Gasteiger partial charge on any atom is -0.315 e. The van der Waals surface area contributed by atoms with E-state index in [4.69, 9.17) is 0 Å². The van der Waals surface area contributed by atoms with E-state index >= 15 is 0 Å². The molecule has 5 rings (SSSR count). The number of hydrogen-bond acceptors (Lipinski definition) is 4. The highest BCUT2D eigenvalue weighted by atomic mass is 16.2. The molecule has 8 nitrogen and oxygen atoms in total. The van der Waals surface area contributed by atoms with E-state index < -0.39 is 11.2 Å². The van der Waals surface area contributed by atoms with E-state index in [0.717, 1.165) is 39.9 Å². The largest absolute Gasteiger partial charge is 0.332 e. The molecule has 1 amide bonds. The summed E-state index contributed by atoms with van der Waals surface area (Å²) in [5, 5.41) is 0. The number of fused-ring (bicyclic) bond motifs is 3. The van der Waals surface area contributed by atoms with Crippen molar-refractivity contribution in [3.05, 3.63) is 86.8 Å². The molecule has 8 heteroatoms. The minimum absolute atomic E-state index is 0.0768. The molecule has 0 radical (unpaired) electrons. The van der Waals surface area contributed by atoms with Crippen LogP contribution in [0.4, 0.5) is 11.4 Å². The van der Waals surface area contributed by atoms with Crippen molar-refractivity contribution in [3.63, 3.8) is 0 Å². The number of benzene rings is 2. The van der Waals surface area contributed by atoms with Gasteiger partial charge in [-0.15, -0.1) is 0 Å². The standard InChI is InChI=1S/C23H21N5O3/c1-25-21-20(22(30)26(2)23(25)31)27(14-24-21)13-19(29)28-17-9-5-3-7-15(17)11-12-16-8-4-6-10-18(16)28/h3-10,14H,11-13H2,1-2H3. The number of hydrogen-bond donors (Lipinski definition) is 0. The number of aryl methyl sites for hydroxylation is 3. The third-order valence-corrected chi connectivity index (χ3v) is 5.90. The van der Waals surface area contributed by atoms with Crippen LogP contribution in [0, 0.1) is 0 Å². The van der Waals surface area contributed by atoms with Gasteiger partial charge in [0.25, 0.3) is 11.5 Å². The van der Waals surface area contributed by atoms with Crippen molar-refractivity contribution >= 4 is 28.4 Å². The maximum atomic E-state index is 13.6. The molecule has 0 bridgehead atoms. The summed E-state index contributed by atoms with van der Waals surface area (Å²) in [4.78, 5) is 44.5. The number of amides is 1. The number of anilines is 2. The van der Waals surface area contributed by atoms with Gasteiger partial charge in [-0.3, -0.25) is 23.6 Å². The van der Waals surface area contributed by atoms with Crippen LogP contribution in [0.1, 0.15) is 11.1 Å². The maximum Gasteiger partial charge on any atom is 0.332 e. The van der Waals surface area contributed by atoms with E-state index in [2.05, 4.69) is 4.98 Å². The molecule has 0 saturated carbocycles. The Morgan fingerprint density at radius 3 is 2.10 bits per heavy atom. The van der Waals surface area contributed by atoms with Gasteiger partial charge in [0, 0.05) is 14.1 Å². The van der Waals surface area contributed by atoms with Crippen molar-refractivity contribution in [2.24, 2.45) is 14.1 Å². The van der Waals surface area contributed by atoms with E-state index in [1.54, 1.807) is 11.9 Å². The molecule has 0 N–H and O–H groups in total. The lowest BCUT2D eigenvalue weighted by Crippen LogP contribution is -2.38. The van der Waals surface area contributed by atoms with E-state index in [-0.39, 0.29) is 23.6 Å². The zero-order valence-electron chi connectivity index (χ0n) is 17.3. The molecule has 156 valence electrons. The first kappa shape index (κ1) is 19.0. The highest BCUT2D eigenvalue weighted by molar-refractivity contribution is 6.02. The number of aromatic nitrogens is 4. The maximum absolute atomic E-state index is 13.6. The molecule has 0 saturated heterocycles. The molecular weight excluding hydrogens is 394 g/mol. The second kappa shape index (κ2) is 7.09. The normalized spacial score (nSPS) is 13.0. The van der Waals surface area contributed by atoms with Gasteiger partial charge in [-0.05, 0) is 36.1 Å². The van der Waals surface area contributed by atoms with Crippen LogP contribution in [0.15, 0.2) is 64.4 Å². The lowest BCUT2D eigenvalue weighted by Gasteiger charge is -2.25. The predicted octanol–water partition coefficient (Wildman–Crippen LogP) is 1.90. The Bertz CT molecular complexity index is 1410. The fraction of sp³-hybridized carbons (Fsp3) is 0.217. The average Bonchev–Trinajstić information content (AvgIpc) is 3.11. The summed E-state index contributed by atoms with van der Waals surface area (Å²) in [6.07, 6.45) is 3.13. The van der Waals surface area contributed by atoms with Crippen LogP contribution in [0.2, 0.25) is 0 Å². The predicted molar refractivity (Wildman–Crippen MR) is 118 cm³/mol. The Hall–Kier alpha value is -3.94. The molecule has 4 aromatic rings. The van der Waals surface area contributed by atoms with Crippen molar-refractivity contribution in [3.8, 4) is 0 Å². The first-order valence-corrected chi connectivity index (χ1v) is 10.1. The van der Waals surface area contributed by atoms with Gasteiger partial charge in [0.1, 0.15) is 6.54 Å². The smallest absolute Gasteiger partial charge is 0.315 e. The van der Waals surface area contributed by atoms with Gasteiger partial charge in [-0.2, -0.15) is 0 Å². The van der Waals surface area contributed by atoms with Gasteiger partial charge in [0.15, 0.2) is 11.2 Å². The third kappa shape index (κ3) is 2.91. The average molecular weight is 415 g/mol. The monoisotopic (exact) mass is 415 g/mol. The first-order chi connectivity index (χ1) is 15.0. The molecular formula is C23H21N5O3. The van der Waals surface area contributed by atoms with Crippen LogP contribution in [-0.2, 0) is 38.3 Å². The zero-order valence-corrected chi connectivity index (χ0v) is 17.3. The fourth-order valence-corrected chi connectivity index (χ4v) is 4.28. The molecule has 2 aromatic heterocycles.